The first-order valence-electron chi connectivity index (χ1n) is 14.0. The van der Waals surface area contributed by atoms with Gasteiger partial charge in [0.25, 0.3) is 0 Å². The predicted molar refractivity (Wildman–Crippen MR) is 176 cm³/mol. The minimum Gasteiger partial charge on any atom is -0.435 e. The molecule has 0 saturated carbocycles. The molecule has 2 unspecified atom stereocenters. The molecule has 2 aromatic carbocycles. The summed E-state index contributed by atoms with van der Waals surface area (Å²) < 4.78 is 12.2. The van der Waals surface area contributed by atoms with Crippen LogP contribution in [-0.4, -0.2) is 9.79 Å². The lowest BCUT2D eigenvalue weighted by Crippen LogP contribution is -2.21. The summed E-state index contributed by atoms with van der Waals surface area (Å²) in [5.41, 5.74) is 5.42. The van der Waals surface area contributed by atoms with Crippen LogP contribution in [0.25, 0.3) is 0 Å². The molecule has 0 fully saturated rings. The maximum absolute atomic E-state index is 10.3. The van der Waals surface area contributed by atoms with Crippen molar-refractivity contribution in [3.8, 4) is 11.5 Å². The predicted octanol–water partition coefficient (Wildman–Crippen LogP) is 11.5. The second kappa shape index (κ2) is 13.0. The fraction of sp³-hybridized carbons (Fsp3) is 0.625. The maximum atomic E-state index is 10.3. The number of benzene rings is 2. The van der Waals surface area contributed by atoms with Gasteiger partial charge in [-0.1, -0.05) is 121 Å². The van der Waals surface area contributed by atoms with Gasteiger partial charge < -0.3 is 18.8 Å². The van der Waals surface area contributed by atoms with E-state index in [9.17, 15) is 9.79 Å². The Labute approximate surface area is 255 Å². The minimum absolute atomic E-state index is 0.131. The summed E-state index contributed by atoms with van der Waals surface area (Å²) in [6.07, 6.45) is 1.68. The van der Waals surface area contributed by atoms with Gasteiger partial charge in [-0.2, -0.15) is 0 Å². The van der Waals surface area contributed by atoms with Gasteiger partial charge in [-0.3, -0.25) is 0 Å². The Morgan fingerprint density at radius 3 is 1.18 bits per heavy atom. The molecule has 226 valence electrons. The van der Waals surface area contributed by atoms with Gasteiger partial charge in [-0.25, -0.2) is 0 Å². The topological polar surface area (TPSA) is 58.9 Å². The second-order valence-corrected chi connectivity index (χ2v) is 17.9. The molecule has 4 nitrogen and oxygen atoms in total. The van der Waals surface area contributed by atoms with Crippen LogP contribution in [-0.2, 0) is 21.7 Å². The minimum atomic E-state index is -2.18. The molecule has 40 heavy (non-hydrogen) atoms. The van der Waals surface area contributed by atoms with E-state index in [1.165, 1.54) is 11.1 Å². The lowest BCUT2D eigenvalue weighted by molar-refractivity contribution is 0.465. The Morgan fingerprint density at radius 1 is 0.625 bits per heavy atom. The zero-order chi connectivity index (χ0) is 31.0. The summed E-state index contributed by atoms with van der Waals surface area (Å²) in [6.45, 7) is 28.2. The zero-order valence-electron chi connectivity index (χ0n) is 26.7. The van der Waals surface area contributed by atoms with Crippen LogP contribution < -0.4 is 9.05 Å². The van der Waals surface area contributed by atoms with Crippen molar-refractivity contribution in [3.05, 3.63) is 57.6 Å². The third kappa shape index (κ3) is 8.95. The van der Waals surface area contributed by atoms with Crippen LogP contribution in [0.3, 0.4) is 0 Å². The van der Waals surface area contributed by atoms with Crippen molar-refractivity contribution in [3.63, 3.8) is 0 Å². The van der Waals surface area contributed by atoms with Crippen LogP contribution in [0.5, 0.6) is 11.5 Å². The molecule has 0 heterocycles. The van der Waals surface area contributed by atoms with E-state index >= 15 is 0 Å². The van der Waals surface area contributed by atoms with Crippen molar-refractivity contribution in [2.75, 3.05) is 0 Å². The van der Waals surface area contributed by atoms with Crippen molar-refractivity contribution in [2.24, 2.45) is 0 Å². The second-order valence-electron chi connectivity index (χ2n) is 14.9. The highest BCUT2D eigenvalue weighted by molar-refractivity contribution is 7.75. The highest BCUT2D eigenvalue weighted by atomic mass is 35.7. The summed E-state index contributed by atoms with van der Waals surface area (Å²) in [5.74, 6) is 1.06. The van der Waals surface area contributed by atoms with Crippen molar-refractivity contribution in [2.45, 2.75) is 130 Å². The van der Waals surface area contributed by atoms with E-state index in [0.717, 1.165) is 35.1 Å². The van der Waals surface area contributed by atoms with Crippen molar-refractivity contribution >= 4 is 37.9 Å². The van der Waals surface area contributed by atoms with Gasteiger partial charge in [0.05, 0.1) is 0 Å². The molecule has 8 heteroatoms. The van der Waals surface area contributed by atoms with E-state index in [1.54, 1.807) is 0 Å². The van der Waals surface area contributed by atoms with Crippen LogP contribution >= 0.6 is 37.9 Å². The van der Waals surface area contributed by atoms with Crippen LogP contribution in [0.2, 0.25) is 0 Å². The fourth-order valence-corrected chi connectivity index (χ4v) is 6.04. The molecule has 2 rings (SSSR count). The Hall–Kier alpha value is -0.600. The van der Waals surface area contributed by atoms with Crippen LogP contribution in [0.15, 0.2) is 24.3 Å². The van der Waals surface area contributed by atoms with Crippen molar-refractivity contribution < 1.29 is 18.8 Å². The monoisotopic (exact) mass is 630 g/mol. The highest BCUT2D eigenvalue weighted by Crippen LogP contribution is 2.54. The molecule has 0 bridgehead atoms. The SMILES string of the molecule is CCCC(c1cc(C(C)(C)C)cc(C(C)(C)C)c1OP(O)Cl)c1cc(C(C)(C)C)cc(C(C)(C)C)c1OP(O)Cl. The van der Waals surface area contributed by atoms with E-state index in [2.05, 4.69) is 114 Å². The summed E-state index contributed by atoms with van der Waals surface area (Å²) in [6, 6.07) is 8.78. The van der Waals surface area contributed by atoms with E-state index in [-0.39, 0.29) is 27.6 Å². The van der Waals surface area contributed by atoms with Gasteiger partial charge in [-0.15, -0.1) is 0 Å². The molecule has 0 spiro atoms. The number of hydrogen-bond donors (Lipinski definition) is 2. The molecule has 2 N–H and O–H groups in total. The van der Waals surface area contributed by atoms with Gasteiger partial charge in [-0.05, 0) is 61.7 Å². The molecule has 0 aliphatic carbocycles. The largest absolute Gasteiger partial charge is 0.435 e. The molecule has 0 aromatic heterocycles. The Bertz CT molecular complexity index is 1080. The average molecular weight is 632 g/mol. The highest BCUT2D eigenvalue weighted by Gasteiger charge is 2.35. The molecule has 0 aliphatic rings. The van der Waals surface area contributed by atoms with Gasteiger partial charge in [0.2, 0.25) is 0 Å². The van der Waals surface area contributed by atoms with Crippen LogP contribution in [0, 0.1) is 0 Å². The summed E-state index contributed by atoms with van der Waals surface area (Å²) in [7, 11) is -4.37. The first-order valence-corrected chi connectivity index (χ1v) is 18.2. The van der Waals surface area contributed by atoms with E-state index in [4.69, 9.17) is 31.5 Å². The van der Waals surface area contributed by atoms with Gasteiger partial charge in [0.1, 0.15) is 11.5 Å². The molecule has 0 aliphatic heterocycles. The normalized spacial score (nSPS) is 15.5. The lowest BCUT2D eigenvalue weighted by atomic mass is 9.73. The lowest BCUT2D eigenvalue weighted by Gasteiger charge is -2.34. The van der Waals surface area contributed by atoms with Gasteiger partial charge in [0, 0.05) is 28.2 Å². The van der Waals surface area contributed by atoms with Crippen molar-refractivity contribution in [1.29, 1.82) is 0 Å². The fourth-order valence-electron chi connectivity index (χ4n) is 4.92. The van der Waals surface area contributed by atoms with E-state index in [1.807, 2.05) is 0 Å². The molecule has 2 aromatic rings. The standard InChI is InChI=1S/C32H50Cl2O4P2/c1-14-15-22(23-16-20(29(2,3)4)18-25(31(8,9)10)27(23)37-39(33)35)24-17-21(30(5,6)7)19-26(32(11,12)13)28(24)38-40(34)36/h16-19,22,35-36H,14-15H2,1-13H3. The summed E-state index contributed by atoms with van der Waals surface area (Å²) in [4.78, 5) is 20.7. The van der Waals surface area contributed by atoms with E-state index in [0.29, 0.717) is 11.5 Å². The smallest absolute Gasteiger partial charge is 0.335 e. The Kier molecular flexibility index (Phi) is 11.5. The molecule has 0 amide bonds. The summed E-state index contributed by atoms with van der Waals surface area (Å²) >= 11 is 12.3. The molecule has 2 atom stereocenters. The Morgan fingerprint density at radius 2 is 0.950 bits per heavy atom. The molecular weight excluding hydrogens is 581 g/mol. The summed E-state index contributed by atoms with van der Waals surface area (Å²) in [5, 5.41) is 0. The Balaban J connectivity index is 3.20. The van der Waals surface area contributed by atoms with E-state index < -0.39 is 15.5 Å². The molecule has 0 saturated heterocycles. The average Bonchev–Trinajstić information content (AvgIpc) is 2.74. The number of rotatable bonds is 8. The van der Waals surface area contributed by atoms with Gasteiger partial charge in [0.15, 0.2) is 0 Å². The van der Waals surface area contributed by atoms with Gasteiger partial charge >= 0.3 is 15.5 Å². The number of halogens is 2. The van der Waals surface area contributed by atoms with Crippen molar-refractivity contribution in [1.82, 2.24) is 0 Å². The first kappa shape index (κ1) is 35.6. The van der Waals surface area contributed by atoms with Crippen LogP contribution in [0.4, 0.5) is 0 Å². The number of hydrogen-bond acceptors (Lipinski definition) is 4. The zero-order valence-corrected chi connectivity index (χ0v) is 30.0. The third-order valence-electron chi connectivity index (χ3n) is 7.24. The third-order valence-corrected chi connectivity index (χ3v) is 8.33. The maximum Gasteiger partial charge on any atom is 0.335 e. The van der Waals surface area contributed by atoms with Crippen LogP contribution in [0.1, 0.15) is 142 Å². The first-order chi connectivity index (χ1) is 18.0. The molecular formula is C32H50Cl2O4P2. The molecule has 0 radical (unpaired) electrons. The quantitative estimate of drug-likeness (QED) is 0.285.